The fourth-order valence-corrected chi connectivity index (χ4v) is 2.77. The van der Waals surface area contributed by atoms with Crippen molar-refractivity contribution in [2.75, 3.05) is 25.1 Å². The number of hydrogen-bond acceptors (Lipinski definition) is 4. The second-order valence-electron chi connectivity index (χ2n) is 5.74. The molecule has 1 aromatic carbocycles. The number of anilines is 1. The van der Waals surface area contributed by atoms with Crippen molar-refractivity contribution >= 4 is 22.7 Å². The van der Waals surface area contributed by atoms with Crippen molar-refractivity contribution in [3.8, 4) is 0 Å². The zero-order valence-electron chi connectivity index (χ0n) is 12.5. The molecule has 1 fully saturated rings. The summed E-state index contributed by atoms with van der Waals surface area (Å²) in [5.74, 6) is 1.52. The molecule has 0 atom stereocenters. The van der Waals surface area contributed by atoms with Crippen LogP contribution in [0.15, 0.2) is 30.3 Å². The van der Waals surface area contributed by atoms with Crippen LogP contribution in [0.1, 0.15) is 30.1 Å². The van der Waals surface area contributed by atoms with Gasteiger partial charge >= 0.3 is 5.97 Å². The molecule has 0 amide bonds. The first-order chi connectivity index (χ1) is 10.2. The van der Waals surface area contributed by atoms with Crippen LogP contribution in [0.4, 0.5) is 5.82 Å². The third-order valence-corrected chi connectivity index (χ3v) is 4.20. The molecular weight excluding hydrogens is 264 g/mol. The van der Waals surface area contributed by atoms with E-state index in [1.165, 1.54) is 20.0 Å². The van der Waals surface area contributed by atoms with Crippen LogP contribution in [0.2, 0.25) is 0 Å². The zero-order chi connectivity index (χ0) is 14.8. The summed E-state index contributed by atoms with van der Waals surface area (Å²) in [5, 5.41) is 0.965. The van der Waals surface area contributed by atoms with Crippen molar-refractivity contribution in [3.05, 3.63) is 35.9 Å². The topological polar surface area (TPSA) is 42.4 Å². The normalized spacial score (nSPS) is 16.2. The van der Waals surface area contributed by atoms with E-state index < -0.39 is 0 Å². The highest BCUT2D eigenvalue weighted by atomic mass is 16.5. The van der Waals surface area contributed by atoms with E-state index in [0.29, 0.717) is 5.56 Å². The number of rotatable bonds is 2. The van der Waals surface area contributed by atoms with Gasteiger partial charge in [0.1, 0.15) is 5.82 Å². The number of hydrogen-bond donors (Lipinski definition) is 0. The van der Waals surface area contributed by atoms with E-state index in [2.05, 4.69) is 11.8 Å². The third-order valence-electron chi connectivity index (χ3n) is 4.20. The SMILES string of the molecule is COC(=O)c1ccc2nc(N3CCC(C)CC3)ccc2c1. The Labute approximate surface area is 124 Å². The Hall–Kier alpha value is -2.10. The molecule has 0 bridgehead atoms. The van der Waals surface area contributed by atoms with E-state index in [4.69, 9.17) is 9.72 Å². The van der Waals surface area contributed by atoms with Gasteiger partial charge in [0.05, 0.1) is 18.2 Å². The summed E-state index contributed by atoms with van der Waals surface area (Å²) < 4.78 is 4.75. The number of esters is 1. The van der Waals surface area contributed by atoms with Crippen LogP contribution in [0.25, 0.3) is 10.9 Å². The molecule has 4 heteroatoms. The minimum absolute atomic E-state index is 0.314. The molecule has 0 N–H and O–H groups in total. The van der Waals surface area contributed by atoms with Crippen LogP contribution >= 0.6 is 0 Å². The predicted octanol–water partition coefficient (Wildman–Crippen LogP) is 3.26. The van der Waals surface area contributed by atoms with E-state index in [0.717, 1.165) is 35.7 Å². The second kappa shape index (κ2) is 5.72. The highest BCUT2D eigenvalue weighted by molar-refractivity contribution is 5.94. The fourth-order valence-electron chi connectivity index (χ4n) is 2.77. The van der Waals surface area contributed by atoms with Crippen molar-refractivity contribution in [1.82, 2.24) is 4.98 Å². The Morgan fingerprint density at radius 1 is 1.24 bits per heavy atom. The molecular formula is C17H20N2O2. The second-order valence-corrected chi connectivity index (χ2v) is 5.74. The number of benzene rings is 1. The summed E-state index contributed by atoms with van der Waals surface area (Å²) in [6, 6.07) is 9.55. The van der Waals surface area contributed by atoms with Gasteiger partial charge in [-0.1, -0.05) is 6.92 Å². The van der Waals surface area contributed by atoms with Crippen molar-refractivity contribution < 1.29 is 9.53 Å². The maximum Gasteiger partial charge on any atom is 0.337 e. The van der Waals surface area contributed by atoms with Gasteiger partial charge in [0.2, 0.25) is 0 Å². The first-order valence-electron chi connectivity index (χ1n) is 7.41. The molecule has 2 heterocycles. The van der Waals surface area contributed by atoms with E-state index in [1.54, 1.807) is 6.07 Å². The number of pyridine rings is 1. The number of methoxy groups -OCH3 is 1. The number of carbonyl (C=O) groups is 1. The number of piperidine rings is 1. The first kappa shape index (κ1) is 13.9. The molecule has 110 valence electrons. The van der Waals surface area contributed by atoms with Crippen molar-refractivity contribution in [2.24, 2.45) is 5.92 Å². The van der Waals surface area contributed by atoms with Crippen molar-refractivity contribution in [2.45, 2.75) is 19.8 Å². The summed E-state index contributed by atoms with van der Waals surface area (Å²) in [7, 11) is 1.39. The van der Waals surface area contributed by atoms with E-state index in [-0.39, 0.29) is 5.97 Å². The molecule has 0 saturated carbocycles. The van der Waals surface area contributed by atoms with Crippen molar-refractivity contribution in [3.63, 3.8) is 0 Å². The number of carbonyl (C=O) groups excluding carboxylic acids is 1. The predicted molar refractivity (Wildman–Crippen MR) is 83.7 cm³/mol. The minimum atomic E-state index is -0.314. The zero-order valence-corrected chi connectivity index (χ0v) is 12.5. The van der Waals surface area contributed by atoms with E-state index >= 15 is 0 Å². The molecule has 2 aromatic rings. The Bertz CT molecular complexity index is 661. The average Bonchev–Trinajstić information content (AvgIpc) is 2.54. The molecule has 0 unspecified atom stereocenters. The molecule has 1 saturated heterocycles. The van der Waals surface area contributed by atoms with Crippen LogP contribution in [-0.4, -0.2) is 31.2 Å². The molecule has 0 radical (unpaired) electrons. The highest BCUT2D eigenvalue weighted by Crippen LogP contribution is 2.24. The maximum atomic E-state index is 11.6. The van der Waals surface area contributed by atoms with Gasteiger partial charge in [0.15, 0.2) is 0 Å². The summed E-state index contributed by atoms with van der Waals surface area (Å²) in [4.78, 5) is 18.6. The summed E-state index contributed by atoms with van der Waals surface area (Å²) in [6.07, 6.45) is 2.45. The average molecular weight is 284 g/mol. The van der Waals surface area contributed by atoms with Crippen LogP contribution in [-0.2, 0) is 4.74 Å². The lowest BCUT2D eigenvalue weighted by atomic mass is 9.99. The van der Waals surface area contributed by atoms with Crippen molar-refractivity contribution in [1.29, 1.82) is 0 Å². The fraction of sp³-hybridized carbons (Fsp3) is 0.412. The Morgan fingerprint density at radius 2 is 2.00 bits per heavy atom. The lowest BCUT2D eigenvalue weighted by Crippen LogP contribution is -2.33. The standard InChI is InChI=1S/C17H20N2O2/c1-12-7-9-19(10-8-12)16-6-4-13-11-14(17(20)21-2)3-5-15(13)18-16/h3-6,11-12H,7-10H2,1-2H3. The summed E-state index contributed by atoms with van der Waals surface area (Å²) in [5.41, 5.74) is 1.48. The molecule has 3 rings (SSSR count). The van der Waals surface area contributed by atoms with Gasteiger partial charge < -0.3 is 9.64 Å². The largest absolute Gasteiger partial charge is 0.465 e. The van der Waals surface area contributed by atoms with Gasteiger partial charge in [-0.05, 0) is 49.1 Å². The van der Waals surface area contributed by atoms with Gasteiger partial charge in [-0.3, -0.25) is 0 Å². The van der Waals surface area contributed by atoms with Gasteiger partial charge in [0, 0.05) is 18.5 Å². The van der Waals surface area contributed by atoms with Crippen LogP contribution < -0.4 is 4.90 Å². The lowest BCUT2D eigenvalue weighted by Gasteiger charge is -2.31. The van der Waals surface area contributed by atoms with E-state index in [1.807, 2.05) is 24.3 Å². The van der Waals surface area contributed by atoms with Gasteiger partial charge in [-0.25, -0.2) is 9.78 Å². The molecule has 4 nitrogen and oxygen atoms in total. The van der Waals surface area contributed by atoms with Gasteiger partial charge in [-0.2, -0.15) is 0 Å². The summed E-state index contributed by atoms with van der Waals surface area (Å²) >= 11 is 0. The van der Waals surface area contributed by atoms with Gasteiger partial charge in [0.25, 0.3) is 0 Å². The third kappa shape index (κ3) is 2.84. The molecule has 21 heavy (non-hydrogen) atoms. The van der Waals surface area contributed by atoms with Crippen LogP contribution in [0.5, 0.6) is 0 Å². The first-order valence-corrected chi connectivity index (χ1v) is 7.41. The van der Waals surface area contributed by atoms with Gasteiger partial charge in [-0.15, -0.1) is 0 Å². The monoisotopic (exact) mass is 284 g/mol. The Balaban J connectivity index is 1.88. The number of ether oxygens (including phenoxy) is 1. The Morgan fingerprint density at radius 3 is 2.71 bits per heavy atom. The minimum Gasteiger partial charge on any atom is -0.465 e. The Kier molecular flexibility index (Phi) is 3.78. The summed E-state index contributed by atoms with van der Waals surface area (Å²) in [6.45, 7) is 4.44. The lowest BCUT2D eigenvalue weighted by molar-refractivity contribution is 0.0601. The van der Waals surface area contributed by atoms with Crippen LogP contribution in [0, 0.1) is 5.92 Å². The maximum absolute atomic E-state index is 11.6. The molecule has 1 aromatic heterocycles. The molecule has 0 spiro atoms. The quantitative estimate of drug-likeness (QED) is 0.794. The number of aromatic nitrogens is 1. The van der Waals surface area contributed by atoms with E-state index in [9.17, 15) is 4.79 Å². The molecule has 0 aliphatic carbocycles. The smallest absolute Gasteiger partial charge is 0.337 e. The number of nitrogens with zero attached hydrogens (tertiary/aromatic N) is 2. The van der Waals surface area contributed by atoms with Crippen LogP contribution in [0.3, 0.4) is 0 Å². The number of fused-ring (bicyclic) bond motifs is 1. The molecule has 1 aliphatic rings. The molecule has 1 aliphatic heterocycles. The highest BCUT2D eigenvalue weighted by Gasteiger charge is 2.17.